The van der Waals surface area contributed by atoms with Gasteiger partial charge in [0.15, 0.2) is 0 Å². The van der Waals surface area contributed by atoms with E-state index in [2.05, 4.69) is 68.9 Å². The Hall–Kier alpha value is -3.10. The first-order valence-corrected chi connectivity index (χ1v) is 11.6. The smallest absolute Gasteiger partial charge is 0.295 e. The van der Waals surface area contributed by atoms with Gasteiger partial charge in [0.05, 0.1) is 11.0 Å². The monoisotopic (exact) mass is 447 g/mol. The minimum atomic E-state index is -0.345. The summed E-state index contributed by atoms with van der Waals surface area (Å²) in [5.41, 5.74) is 3.12. The summed E-state index contributed by atoms with van der Waals surface area (Å²) in [6.45, 7) is 5.96. The first-order valence-electron chi connectivity index (χ1n) is 11.6. The van der Waals surface area contributed by atoms with Crippen molar-refractivity contribution in [3.05, 3.63) is 60.2 Å². The largest absolute Gasteiger partial charge is 0.306 e. The minimum Gasteiger partial charge on any atom is -0.306 e. The maximum absolute atomic E-state index is 12.9. The van der Waals surface area contributed by atoms with Crippen molar-refractivity contribution >= 4 is 22.9 Å². The van der Waals surface area contributed by atoms with E-state index in [-0.39, 0.29) is 17.8 Å². The molecule has 1 aliphatic heterocycles. The number of hydrogen-bond acceptors (Lipinski definition) is 6. The van der Waals surface area contributed by atoms with Crippen LogP contribution in [0.1, 0.15) is 41.5 Å². The van der Waals surface area contributed by atoms with Gasteiger partial charge in [0.1, 0.15) is 0 Å². The lowest BCUT2D eigenvalue weighted by atomic mass is 10.1. The van der Waals surface area contributed by atoms with E-state index < -0.39 is 0 Å². The molecule has 0 aliphatic carbocycles. The van der Waals surface area contributed by atoms with Crippen molar-refractivity contribution in [1.29, 1.82) is 0 Å². The number of amides is 1. The van der Waals surface area contributed by atoms with E-state index in [9.17, 15) is 4.79 Å². The normalized spacial score (nSPS) is 17.6. The summed E-state index contributed by atoms with van der Waals surface area (Å²) in [7, 11) is 4.16. The molecule has 4 rings (SSSR count). The first kappa shape index (κ1) is 23.1. The van der Waals surface area contributed by atoms with Crippen molar-refractivity contribution in [3.63, 3.8) is 0 Å². The van der Waals surface area contributed by atoms with Crippen molar-refractivity contribution in [2.45, 2.75) is 32.2 Å². The van der Waals surface area contributed by atoms with E-state index in [0.29, 0.717) is 5.95 Å². The number of nitrogens with one attached hydrogen (secondary N) is 1. The van der Waals surface area contributed by atoms with E-state index in [1.807, 2.05) is 12.1 Å². The van der Waals surface area contributed by atoms with Crippen LogP contribution in [0, 0.1) is 6.92 Å². The average molecular weight is 448 g/mol. The van der Waals surface area contributed by atoms with Crippen molar-refractivity contribution in [1.82, 2.24) is 29.3 Å². The van der Waals surface area contributed by atoms with Crippen LogP contribution in [0.2, 0.25) is 0 Å². The SMILES string of the molecule is Cc1cccc2nc(NC(=O)c3ncccn3)n(C3CCCCN(C/C=C/CN(C)C)C3)c12. The van der Waals surface area contributed by atoms with Gasteiger partial charge in [0.25, 0.3) is 5.91 Å². The first-order chi connectivity index (χ1) is 16.0. The van der Waals surface area contributed by atoms with Gasteiger partial charge in [-0.25, -0.2) is 15.0 Å². The molecule has 1 atom stereocenters. The molecule has 0 saturated carbocycles. The standard InChI is InChI=1S/C25H33N7O/c1-19-10-8-12-21-22(19)32(25(28-21)29-24(33)23-26-13-9-14-27-23)20-11-4-5-16-31(18-20)17-7-6-15-30(2)3/h6-10,12-14,20H,4-5,11,15-18H2,1-3H3,(H,28,29,33)/b7-6+. The Morgan fingerprint density at radius 3 is 2.79 bits per heavy atom. The number of likely N-dealkylation sites (tertiary alicyclic amines) is 1. The van der Waals surface area contributed by atoms with Gasteiger partial charge in [-0.3, -0.25) is 15.0 Å². The summed E-state index contributed by atoms with van der Waals surface area (Å²) in [6, 6.07) is 8.03. The molecule has 8 nitrogen and oxygen atoms in total. The fraction of sp³-hybridized carbons (Fsp3) is 0.440. The van der Waals surface area contributed by atoms with Gasteiger partial charge in [-0.15, -0.1) is 0 Å². The fourth-order valence-corrected chi connectivity index (χ4v) is 4.42. The number of fused-ring (bicyclic) bond motifs is 1. The number of imidazole rings is 1. The van der Waals surface area contributed by atoms with E-state index in [4.69, 9.17) is 4.98 Å². The molecule has 1 aromatic carbocycles. The van der Waals surface area contributed by atoms with E-state index in [1.54, 1.807) is 18.5 Å². The van der Waals surface area contributed by atoms with Crippen molar-refractivity contribution < 1.29 is 4.79 Å². The summed E-state index contributed by atoms with van der Waals surface area (Å²) < 4.78 is 2.23. The van der Waals surface area contributed by atoms with Crippen LogP contribution in [0.15, 0.2) is 48.8 Å². The summed E-state index contributed by atoms with van der Waals surface area (Å²) in [5.74, 6) is 0.356. The molecule has 1 unspecified atom stereocenters. The van der Waals surface area contributed by atoms with Crippen LogP contribution in [-0.4, -0.2) is 75.5 Å². The van der Waals surface area contributed by atoms with Crippen LogP contribution in [-0.2, 0) is 0 Å². The van der Waals surface area contributed by atoms with Gasteiger partial charge in [-0.05, 0) is 58.1 Å². The highest BCUT2D eigenvalue weighted by molar-refractivity contribution is 6.01. The third-order valence-electron chi connectivity index (χ3n) is 6.00. The number of anilines is 1. The lowest BCUT2D eigenvalue weighted by Crippen LogP contribution is -2.31. The number of carbonyl (C=O) groups excluding carboxylic acids is 1. The van der Waals surface area contributed by atoms with Crippen LogP contribution < -0.4 is 5.32 Å². The van der Waals surface area contributed by atoms with Gasteiger partial charge in [-0.2, -0.15) is 0 Å². The molecular formula is C25H33N7O. The maximum atomic E-state index is 12.9. The molecule has 1 N–H and O–H groups in total. The highest BCUT2D eigenvalue weighted by atomic mass is 16.2. The maximum Gasteiger partial charge on any atom is 0.295 e. The minimum absolute atomic E-state index is 0.140. The summed E-state index contributed by atoms with van der Waals surface area (Å²) in [4.78, 5) is 30.5. The zero-order chi connectivity index (χ0) is 23.2. The molecule has 3 heterocycles. The number of likely N-dealkylation sites (N-methyl/N-ethyl adjacent to an activating group) is 1. The lowest BCUT2D eigenvalue weighted by Gasteiger charge is -2.26. The Morgan fingerprint density at radius 1 is 1.18 bits per heavy atom. The van der Waals surface area contributed by atoms with E-state index >= 15 is 0 Å². The zero-order valence-electron chi connectivity index (χ0n) is 19.7. The van der Waals surface area contributed by atoms with E-state index in [1.165, 1.54) is 6.42 Å². The predicted octanol–water partition coefficient (Wildman–Crippen LogP) is 3.53. The quantitative estimate of drug-likeness (QED) is 0.558. The third kappa shape index (κ3) is 5.64. The topological polar surface area (TPSA) is 79.2 Å². The summed E-state index contributed by atoms with van der Waals surface area (Å²) in [5, 5.41) is 2.99. The highest BCUT2D eigenvalue weighted by Crippen LogP contribution is 2.32. The fourth-order valence-electron chi connectivity index (χ4n) is 4.42. The van der Waals surface area contributed by atoms with Gasteiger partial charge in [0.2, 0.25) is 11.8 Å². The second-order valence-corrected chi connectivity index (χ2v) is 8.92. The molecule has 0 bridgehead atoms. The molecule has 1 fully saturated rings. The number of carbonyl (C=O) groups is 1. The molecule has 8 heteroatoms. The number of hydrogen-bond donors (Lipinski definition) is 1. The van der Waals surface area contributed by atoms with Gasteiger partial charge >= 0.3 is 0 Å². The number of nitrogens with zero attached hydrogens (tertiary/aromatic N) is 6. The third-order valence-corrected chi connectivity index (χ3v) is 6.00. The number of aryl methyl sites for hydroxylation is 1. The number of benzene rings is 1. The number of rotatable bonds is 7. The number of aromatic nitrogens is 4. The summed E-state index contributed by atoms with van der Waals surface area (Å²) in [6.07, 6.45) is 11.0. The van der Waals surface area contributed by atoms with Gasteiger partial charge < -0.3 is 9.47 Å². The molecular weight excluding hydrogens is 414 g/mol. The zero-order valence-corrected chi connectivity index (χ0v) is 19.7. The van der Waals surface area contributed by atoms with Crippen LogP contribution in [0.5, 0.6) is 0 Å². The van der Waals surface area contributed by atoms with Crippen molar-refractivity contribution in [2.75, 3.05) is 45.6 Å². The molecule has 1 saturated heterocycles. The predicted molar refractivity (Wildman–Crippen MR) is 131 cm³/mol. The molecule has 33 heavy (non-hydrogen) atoms. The average Bonchev–Trinajstić information content (AvgIpc) is 3.01. The Bertz CT molecular complexity index is 1110. The van der Waals surface area contributed by atoms with Gasteiger partial charge in [-0.1, -0.05) is 30.7 Å². The molecule has 1 amide bonds. The van der Waals surface area contributed by atoms with Crippen LogP contribution in [0.25, 0.3) is 11.0 Å². The van der Waals surface area contributed by atoms with Crippen molar-refractivity contribution in [2.24, 2.45) is 0 Å². The Balaban J connectivity index is 1.64. The molecule has 0 radical (unpaired) electrons. The molecule has 3 aromatic rings. The Kier molecular flexibility index (Phi) is 7.47. The lowest BCUT2D eigenvalue weighted by molar-refractivity contribution is 0.101. The molecule has 174 valence electrons. The van der Waals surface area contributed by atoms with Crippen molar-refractivity contribution in [3.8, 4) is 0 Å². The summed E-state index contributed by atoms with van der Waals surface area (Å²) >= 11 is 0. The Labute approximate surface area is 195 Å². The molecule has 0 spiro atoms. The van der Waals surface area contributed by atoms with E-state index in [0.717, 1.165) is 55.6 Å². The van der Waals surface area contributed by atoms with Crippen LogP contribution in [0.4, 0.5) is 5.95 Å². The second kappa shape index (κ2) is 10.7. The molecule has 2 aromatic heterocycles. The number of para-hydroxylation sites is 1. The molecule has 1 aliphatic rings. The van der Waals surface area contributed by atoms with Gasteiger partial charge in [0, 0.05) is 38.1 Å². The van der Waals surface area contributed by atoms with Crippen LogP contribution in [0.3, 0.4) is 0 Å². The van der Waals surface area contributed by atoms with Crippen LogP contribution >= 0.6 is 0 Å². The highest BCUT2D eigenvalue weighted by Gasteiger charge is 2.25. The second-order valence-electron chi connectivity index (χ2n) is 8.92. The Morgan fingerprint density at radius 2 is 2.00 bits per heavy atom.